The Bertz CT molecular complexity index is 431. The van der Waals surface area contributed by atoms with E-state index >= 15 is 0 Å². The molecule has 17 heavy (non-hydrogen) atoms. The predicted octanol–water partition coefficient (Wildman–Crippen LogP) is -0.0965. The van der Waals surface area contributed by atoms with E-state index in [9.17, 15) is 9.59 Å². The van der Waals surface area contributed by atoms with E-state index in [1.165, 1.54) is 18.3 Å². The van der Waals surface area contributed by atoms with Gasteiger partial charge in [0.1, 0.15) is 11.9 Å². The summed E-state index contributed by atoms with van der Waals surface area (Å²) in [4.78, 5) is 26.7. The zero-order valence-electron chi connectivity index (χ0n) is 9.81. The highest BCUT2D eigenvalue weighted by Gasteiger charge is 2.22. The molecule has 1 rings (SSSR count). The van der Waals surface area contributed by atoms with E-state index in [-0.39, 0.29) is 11.7 Å². The Kier molecular flexibility index (Phi) is 4.03. The zero-order chi connectivity index (χ0) is 13.0. The van der Waals surface area contributed by atoms with Crippen LogP contribution in [0.15, 0.2) is 18.3 Å². The zero-order valence-corrected chi connectivity index (χ0v) is 9.81. The molecule has 0 bridgehead atoms. The number of rotatable bonds is 4. The third kappa shape index (κ3) is 3.44. The molecule has 0 spiro atoms. The molecule has 1 unspecified atom stereocenters. The van der Waals surface area contributed by atoms with Crippen molar-refractivity contribution in [2.24, 2.45) is 11.7 Å². The number of carbonyl (C=O) groups is 2. The average molecular weight is 236 g/mol. The molecule has 0 saturated heterocycles. The van der Waals surface area contributed by atoms with E-state index in [1.807, 2.05) is 0 Å². The number of nitrogens with one attached hydrogen (secondary N) is 1. The minimum absolute atomic E-state index is 0.0735. The molecule has 0 aromatic carbocycles. The van der Waals surface area contributed by atoms with E-state index in [1.54, 1.807) is 13.8 Å². The lowest BCUT2D eigenvalue weighted by Gasteiger charge is -2.18. The minimum Gasteiger partial charge on any atom is -0.384 e. The number of hydrogen-bond donors (Lipinski definition) is 3. The summed E-state index contributed by atoms with van der Waals surface area (Å²) in [5, 5.41) is 2.56. The predicted molar refractivity (Wildman–Crippen MR) is 63.9 cm³/mol. The maximum atomic E-state index is 11.8. The lowest BCUT2D eigenvalue weighted by atomic mass is 10.0. The highest BCUT2D eigenvalue weighted by molar-refractivity contribution is 5.97. The van der Waals surface area contributed by atoms with Crippen molar-refractivity contribution in [1.29, 1.82) is 0 Å². The number of nitrogens with zero attached hydrogens (tertiary/aromatic N) is 1. The maximum absolute atomic E-state index is 11.8. The van der Waals surface area contributed by atoms with Gasteiger partial charge >= 0.3 is 0 Å². The summed E-state index contributed by atoms with van der Waals surface area (Å²) in [5.41, 5.74) is 11.0. The molecule has 1 aromatic heterocycles. The Morgan fingerprint density at radius 2 is 2.06 bits per heavy atom. The molecule has 1 atom stereocenters. The number of nitrogens with two attached hydrogens (primary N) is 2. The first-order valence-corrected chi connectivity index (χ1v) is 5.23. The van der Waals surface area contributed by atoms with Crippen LogP contribution < -0.4 is 16.8 Å². The first-order valence-electron chi connectivity index (χ1n) is 5.23. The number of amides is 2. The van der Waals surface area contributed by atoms with Gasteiger partial charge in [-0.15, -0.1) is 0 Å². The van der Waals surface area contributed by atoms with Gasteiger partial charge in [-0.3, -0.25) is 9.59 Å². The Morgan fingerprint density at radius 1 is 1.41 bits per heavy atom. The summed E-state index contributed by atoms with van der Waals surface area (Å²) in [6.07, 6.45) is 1.43. The van der Waals surface area contributed by atoms with Crippen molar-refractivity contribution in [2.45, 2.75) is 19.9 Å². The molecule has 1 aromatic rings. The van der Waals surface area contributed by atoms with E-state index < -0.39 is 17.9 Å². The average Bonchev–Trinajstić information content (AvgIpc) is 2.24. The molecule has 0 aliphatic carbocycles. The van der Waals surface area contributed by atoms with Crippen LogP contribution >= 0.6 is 0 Å². The van der Waals surface area contributed by atoms with Crippen molar-refractivity contribution in [3.05, 3.63) is 23.9 Å². The van der Waals surface area contributed by atoms with Crippen LogP contribution in [0, 0.1) is 5.92 Å². The lowest BCUT2D eigenvalue weighted by Crippen LogP contribution is -2.47. The molecule has 2 amide bonds. The molecule has 0 saturated carbocycles. The molecule has 6 nitrogen and oxygen atoms in total. The molecule has 0 aliphatic rings. The van der Waals surface area contributed by atoms with Gasteiger partial charge in [0.05, 0.1) is 0 Å². The topological polar surface area (TPSA) is 111 Å². The van der Waals surface area contributed by atoms with Gasteiger partial charge in [0.25, 0.3) is 5.91 Å². The quantitative estimate of drug-likeness (QED) is 0.678. The summed E-state index contributed by atoms with van der Waals surface area (Å²) < 4.78 is 0. The van der Waals surface area contributed by atoms with Gasteiger partial charge in [0.2, 0.25) is 5.91 Å². The smallest absolute Gasteiger partial charge is 0.252 e. The number of pyridine rings is 1. The van der Waals surface area contributed by atoms with Crippen LogP contribution in [0.1, 0.15) is 24.2 Å². The molecular weight excluding hydrogens is 220 g/mol. The second-order valence-corrected chi connectivity index (χ2v) is 4.07. The van der Waals surface area contributed by atoms with Gasteiger partial charge in [-0.25, -0.2) is 4.98 Å². The van der Waals surface area contributed by atoms with Crippen molar-refractivity contribution < 1.29 is 9.59 Å². The number of carbonyl (C=O) groups excluding carboxylic acids is 2. The third-order valence-electron chi connectivity index (χ3n) is 2.30. The fourth-order valence-corrected chi connectivity index (χ4v) is 1.38. The number of primary amides is 1. The fourth-order valence-electron chi connectivity index (χ4n) is 1.38. The third-order valence-corrected chi connectivity index (χ3v) is 2.30. The van der Waals surface area contributed by atoms with Crippen LogP contribution in [-0.2, 0) is 4.79 Å². The molecular formula is C11H16N4O2. The van der Waals surface area contributed by atoms with Crippen molar-refractivity contribution >= 4 is 17.6 Å². The molecule has 0 aliphatic heterocycles. The summed E-state index contributed by atoms with van der Waals surface area (Å²) in [7, 11) is 0. The van der Waals surface area contributed by atoms with Crippen LogP contribution in [0.5, 0.6) is 0 Å². The first-order chi connectivity index (χ1) is 7.91. The summed E-state index contributed by atoms with van der Waals surface area (Å²) in [5.74, 6) is -0.777. The van der Waals surface area contributed by atoms with E-state index in [0.717, 1.165) is 0 Å². The highest BCUT2D eigenvalue weighted by Crippen LogP contribution is 2.06. The van der Waals surface area contributed by atoms with Crippen LogP contribution in [0.4, 0.5) is 5.82 Å². The van der Waals surface area contributed by atoms with Crippen molar-refractivity contribution in [1.82, 2.24) is 10.3 Å². The van der Waals surface area contributed by atoms with Gasteiger partial charge in [-0.2, -0.15) is 0 Å². The van der Waals surface area contributed by atoms with Gasteiger partial charge in [0.15, 0.2) is 0 Å². The second-order valence-electron chi connectivity index (χ2n) is 4.07. The Hall–Kier alpha value is -2.11. The summed E-state index contributed by atoms with van der Waals surface area (Å²) in [6.45, 7) is 3.60. The highest BCUT2D eigenvalue weighted by atomic mass is 16.2. The summed E-state index contributed by atoms with van der Waals surface area (Å²) in [6, 6.07) is 2.26. The van der Waals surface area contributed by atoms with Crippen LogP contribution in [0.2, 0.25) is 0 Å². The van der Waals surface area contributed by atoms with Gasteiger partial charge in [-0.05, 0) is 18.1 Å². The van der Waals surface area contributed by atoms with Gasteiger partial charge < -0.3 is 16.8 Å². The number of aromatic nitrogens is 1. The SMILES string of the molecule is CC(C)C(NC(=O)c1ccnc(N)c1)C(N)=O. The van der Waals surface area contributed by atoms with Crippen molar-refractivity contribution in [3.63, 3.8) is 0 Å². The molecule has 6 heteroatoms. The van der Waals surface area contributed by atoms with Gasteiger partial charge in [0, 0.05) is 11.8 Å². The fraction of sp³-hybridized carbons (Fsp3) is 0.364. The first kappa shape index (κ1) is 13.0. The second kappa shape index (κ2) is 5.29. The largest absolute Gasteiger partial charge is 0.384 e. The molecule has 0 radical (unpaired) electrons. The summed E-state index contributed by atoms with van der Waals surface area (Å²) >= 11 is 0. The molecule has 0 fully saturated rings. The number of anilines is 1. The van der Waals surface area contributed by atoms with Crippen molar-refractivity contribution in [2.75, 3.05) is 5.73 Å². The normalized spacial score (nSPS) is 12.2. The monoisotopic (exact) mass is 236 g/mol. The van der Waals surface area contributed by atoms with Crippen LogP contribution in [-0.4, -0.2) is 22.8 Å². The molecule has 5 N–H and O–H groups in total. The maximum Gasteiger partial charge on any atom is 0.252 e. The number of hydrogen-bond acceptors (Lipinski definition) is 4. The lowest BCUT2D eigenvalue weighted by molar-refractivity contribution is -0.120. The van der Waals surface area contributed by atoms with E-state index in [2.05, 4.69) is 10.3 Å². The Labute approximate surface area is 99.4 Å². The Balaban J connectivity index is 2.81. The number of nitrogen functional groups attached to an aromatic ring is 1. The molecule has 92 valence electrons. The van der Waals surface area contributed by atoms with E-state index in [4.69, 9.17) is 11.5 Å². The van der Waals surface area contributed by atoms with E-state index in [0.29, 0.717) is 5.56 Å². The standard InChI is InChI=1S/C11H16N4O2/c1-6(2)9(10(13)16)15-11(17)7-3-4-14-8(12)5-7/h3-6,9H,1-2H3,(H2,12,14)(H2,13,16)(H,15,17). The van der Waals surface area contributed by atoms with Crippen LogP contribution in [0.3, 0.4) is 0 Å². The minimum atomic E-state index is -0.697. The Morgan fingerprint density at radius 3 is 2.53 bits per heavy atom. The molecule has 1 heterocycles. The van der Waals surface area contributed by atoms with Crippen molar-refractivity contribution in [3.8, 4) is 0 Å². The van der Waals surface area contributed by atoms with Gasteiger partial charge in [-0.1, -0.05) is 13.8 Å². The van der Waals surface area contributed by atoms with Crippen LogP contribution in [0.25, 0.3) is 0 Å².